The Labute approximate surface area is 167 Å². The van der Waals surface area contributed by atoms with Crippen LogP contribution in [-0.2, 0) is 29.3 Å². The lowest BCUT2D eigenvalue weighted by atomic mass is 9.97. The summed E-state index contributed by atoms with van der Waals surface area (Å²) in [5, 5.41) is 0. The Hall–Kier alpha value is -3.41. The Morgan fingerprint density at radius 3 is 2.93 bits per heavy atom. The van der Waals surface area contributed by atoms with Gasteiger partial charge in [-0.25, -0.2) is 9.83 Å². The highest BCUT2D eigenvalue weighted by molar-refractivity contribution is 5.98. The van der Waals surface area contributed by atoms with Gasteiger partial charge in [-0.15, -0.1) is 0 Å². The van der Waals surface area contributed by atoms with Crippen molar-refractivity contribution in [3.05, 3.63) is 63.6 Å². The van der Waals surface area contributed by atoms with Crippen LogP contribution in [0, 0.1) is 6.57 Å². The number of anilines is 1. The highest BCUT2D eigenvalue weighted by Gasteiger charge is 2.30. The fraction of sp³-hybridized carbons (Fsp3) is 0.286. The Kier molecular flexibility index (Phi) is 4.01. The van der Waals surface area contributed by atoms with Crippen LogP contribution in [0.4, 0.5) is 11.5 Å². The minimum Gasteiger partial charge on any atom is -0.383 e. The van der Waals surface area contributed by atoms with E-state index in [9.17, 15) is 4.79 Å². The van der Waals surface area contributed by atoms with Gasteiger partial charge in [0.2, 0.25) is 0 Å². The average Bonchev–Trinajstić information content (AvgIpc) is 3.39. The molecule has 1 aromatic carbocycles. The zero-order valence-electron chi connectivity index (χ0n) is 15.9. The maximum absolute atomic E-state index is 13.2. The third-order valence-electron chi connectivity index (χ3n) is 5.67. The van der Waals surface area contributed by atoms with Crippen molar-refractivity contribution in [2.24, 2.45) is 0 Å². The highest BCUT2D eigenvalue weighted by atomic mass is 16.5. The smallest absolute Gasteiger partial charge is 0.270 e. The minimum absolute atomic E-state index is 0.162. The van der Waals surface area contributed by atoms with E-state index in [0.717, 1.165) is 27.8 Å². The number of carbonyl (C=O) groups is 1. The maximum atomic E-state index is 13.2. The molecule has 0 saturated carbocycles. The first-order valence-electron chi connectivity index (χ1n) is 9.29. The summed E-state index contributed by atoms with van der Waals surface area (Å²) < 4.78 is 11.2. The van der Waals surface area contributed by atoms with Crippen molar-refractivity contribution in [3.8, 4) is 0 Å². The van der Waals surface area contributed by atoms with E-state index in [4.69, 9.17) is 21.8 Å². The number of likely N-dealkylation sites (N-methyl/N-ethyl adjacent to an activating group) is 1. The number of fused-ring (bicyclic) bond motifs is 4. The number of benzene rings is 1. The van der Waals surface area contributed by atoms with Gasteiger partial charge in [-0.3, -0.25) is 4.79 Å². The fourth-order valence-corrected chi connectivity index (χ4v) is 4.09. The van der Waals surface area contributed by atoms with Crippen LogP contribution >= 0.6 is 0 Å². The summed E-state index contributed by atoms with van der Waals surface area (Å²) in [6.45, 7) is 8.93. The van der Waals surface area contributed by atoms with Crippen LogP contribution in [-0.4, -0.2) is 34.4 Å². The first-order valence-corrected chi connectivity index (χ1v) is 9.29. The zero-order chi connectivity index (χ0) is 20.1. The summed E-state index contributed by atoms with van der Waals surface area (Å²) in [6, 6.07) is 7.02. The highest BCUT2D eigenvalue weighted by Crippen LogP contribution is 2.34. The number of nitrogens with one attached hydrogen (secondary N) is 1. The third-order valence-corrected chi connectivity index (χ3v) is 5.67. The molecule has 4 heterocycles. The predicted octanol–water partition coefficient (Wildman–Crippen LogP) is 3.07. The second kappa shape index (κ2) is 6.58. The monoisotopic (exact) mass is 389 g/mol. The Morgan fingerprint density at radius 1 is 1.28 bits per heavy atom. The van der Waals surface area contributed by atoms with Crippen LogP contribution in [0.2, 0.25) is 0 Å². The van der Waals surface area contributed by atoms with Gasteiger partial charge in [0.05, 0.1) is 50.1 Å². The standard InChI is InChI=1S/C21H19N5O3/c1-23-12-3-4-13-11(5-12)7-28-10-18(13)26(2)21(27)17-6-16-19(24-17)14-8-29-9-15(14)20(22)25-16/h3-6,18,24H,7-10H2,2H3,(H2,22,25)/t18-/m1/s1. The zero-order valence-corrected chi connectivity index (χ0v) is 15.9. The van der Waals surface area contributed by atoms with E-state index in [0.29, 0.717) is 49.1 Å². The number of pyridine rings is 1. The number of H-pyrrole nitrogens is 1. The van der Waals surface area contributed by atoms with Crippen molar-refractivity contribution in [2.75, 3.05) is 19.4 Å². The number of aromatic nitrogens is 2. The molecule has 8 heteroatoms. The van der Waals surface area contributed by atoms with Gasteiger partial charge >= 0.3 is 0 Å². The molecule has 0 spiro atoms. The van der Waals surface area contributed by atoms with Crippen molar-refractivity contribution in [3.63, 3.8) is 0 Å². The first kappa shape index (κ1) is 17.7. The number of nitrogen functional groups attached to an aromatic ring is 1. The molecule has 3 aromatic rings. The molecular weight excluding hydrogens is 370 g/mol. The molecule has 2 aromatic heterocycles. The molecular formula is C21H19N5O3. The summed E-state index contributed by atoms with van der Waals surface area (Å²) in [6.07, 6.45) is 0. The molecule has 0 saturated heterocycles. The third kappa shape index (κ3) is 2.75. The number of nitrogens with two attached hydrogens (primary N) is 1. The van der Waals surface area contributed by atoms with Crippen LogP contribution in [0.1, 0.15) is 38.8 Å². The number of aromatic amines is 1. The predicted molar refractivity (Wildman–Crippen MR) is 106 cm³/mol. The summed E-state index contributed by atoms with van der Waals surface area (Å²) in [5.74, 6) is 0.284. The first-order chi connectivity index (χ1) is 14.1. The van der Waals surface area contributed by atoms with Crippen molar-refractivity contribution < 1.29 is 14.3 Å². The molecule has 0 unspecified atom stereocenters. The van der Waals surface area contributed by atoms with Gasteiger partial charge in [-0.1, -0.05) is 18.2 Å². The molecule has 5 rings (SSSR count). The number of hydrogen-bond donors (Lipinski definition) is 2. The second-order valence-corrected chi connectivity index (χ2v) is 7.33. The number of hydrogen-bond acceptors (Lipinski definition) is 5. The normalized spacial score (nSPS) is 17.6. The van der Waals surface area contributed by atoms with E-state index in [1.165, 1.54) is 0 Å². The molecule has 0 radical (unpaired) electrons. The van der Waals surface area contributed by atoms with E-state index in [1.54, 1.807) is 24.1 Å². The van der Waals surface area contributed by atoms with Gasteiger partial charge < -0.3 is 25.1 Å². The number of ether oxygens (including phenoxy) is 2. The second-order valence-electron chi connectivity index (χ2n) is 7.33. The maximum Gasteiger partial charge on any atom is 0.270 e. The number of amides is 1. The molecule has 0 fully saturated rings. The van der Waals surface area contributed by atoms with Gasteiger partial charge in [-0.2, -0.15) is 0 Å². The quantitative estimate of drug-likeness (QED) is 0.657. The van der Waals surface area contributed by atoms with Crippen LogP contribution in [0.15, 0.2) is 24.3 Å². The van der Waals surface area contributed by atoms with Crippen molar-refractivity contribution in [1.82, 2.24) is 14.9 Å². The molecule has 2 aliphatic heterocycles. The van der Waals surface area contributed by atoms with Crippen LogP contribution in [0.3, 0.4) is 0 Å². The van der Waals surface area contributed by atoms with Crippen LogP contribution < -0.4 is 5.73 Å². The molecule has 1 atom stereocenters. The minimum atomic E-state index is -0.232. The summed E-state index contributed by atoms with van der Waals surface area (Å²) in [5.41, 5.74) is 12.3. The van der Waals surface area contributed by atoms with E-state index in [2.05, 4.69) is 14.8 Å². The summed E-state index contributed by atoms with van der Waals surface area (Å²) in [7, 11) is 1.76. The number of carbonyl (C=O) groups excluding carboxylic acids is 1. The van der Waals surface area contributed by atoms with E-state index in [-0.39, 0.29) is 11.9 Å². The Balaban J connectivity index is 1.50. The van der Waals surface area contributed by atoms with Gasteiger partial charge in [-0.05, 0) is 17.2 Å². The number of nitrogens with zero attached hydrogens (tertiary/aromatic N) is 3. The molecule has 1 amide bonds. The molecule has 29 heavy (non-hydrogen) atoms. The molecule has 146 valence electrons. The van der Waals surface area contributed by atoms with Gasteiger partial charge in [0.25, 0.3) is 5.91 Å². The van der Waals surface area contributed by atoms with Gasteiger partial charge in [0.15, 0.2) is 5.69 Å². The van der Waals surface area contributed by atoms with E-state index < -0.39 is 0 Å². The van der Waals surface area contributed by atoms with Gasteiger partial charge in [0.1, 0.15) is 11.5 Å². The SMILES string of the molecule is [C-]#[N+]c1ccc2c(c1)COC[C@H]2N(C)C(=O)c1cc2nc(N)c3c(c2[nH]1)COC3. The number of rotatable bonds is 2. The lowest BCUT2D eigenvalue weighted by Crippen LogP contribution is -2.36. The van der Waals surface area contributed by atoms with Crippen LogP contribution in [0.5, 0.6) is 0 Å². The Bertz CT molecular complexity index is 1190. The summed E-state index contributed by atoms with van der Waals surface area (Å²) in [4.78, 5) is 26.0. The topological polar surface area (TPSA) is 97.8 Å². The molecule has 0 aliphatic carbocycles. The van der Waals surface area contributed by atoms with Crippen LogP contribution in [0.25, 0.3) is 15.9 Å². The Morgan fingerprint density at radius 2 is 2.10 bits per heavy atom. The fourth-order valence-electron chi connectivity index (χ4n) is 4.09. The lowest BCUT2D eigenvalue weighted by Gasteiger charge is -2.33. The summed E-state index contributed by atoms with van der Waals surface area (Å²) >= 11 is 0. The van der Waals surface area contributed by atoms with Crippen molar-refractivity contribution >= 4 is 28.4 Å². The molecule has 3 N–H and O–H groups in total. The lowest BCUT2D eigenvalue weighted by molar-refractivity contribution is 0.0343. The molecule has 8 nitrogen and oxygen atoms in total. The molecule has 0 bridgehead atoms. The van der Waals surface area contributed by atoms with Crippen molar-refractivity contribution in [1.29, 1.82) is 0 Å². The average molecular weight is 389 g/mol. The molecule has 2 aliphatic rings. The van der Waals surface area contributed by atoms with E-state index >= 15 is 0 Å². The van der Waals surface area contributed by atoms with E-state index in [1.807, 2.05) is 12.1 Å². The largest absolute Gasteiger partial charge is 0.383 e. The van der Waals surface area contributed by atoms with Crippen molar-refractivity contribution in [2.45, 2.75) is 25.9 Å². The van der Waals surface area contributed by atoms with Gasteiger partial charge in [0, 0.05) is 18.2 Å².